The summed E-state index contributed by atoms with van der Waals surface area (Å²) in [6.45, 7) is 7.00. The van der Waals surface area contributed by atoms with Crippen LogP contribution in [0.5, 0.6) is 0 Å². The average molecular weight is 211 g/mol. The molecule has 0 amide bonds. The van der Waals surface area contributed by atoms with Crippen LogP contribution >= 0.6 is 0 Å². The van der Waals surface area contributed by atoms with Gasteiger partial charge in [-0.2, -0.15) is 0 Å². The Labute approximate surface area is 95.8 Å². The first-order chi connectivity index (χ1) is 7.19. The molecular formula is C14H29N. The maximum atomic E-state index is 6.09. The molecule has 90 valence electrons. The molecule has 0 aromatic rings. The van der Waals surface area contributed by atoms with Crippen LogP contribution < -0.4 is 5.73 Å². The fraction of sp³-hybridized carbons (Fsp3) is 1.00. The van der Waals surface area contributed by atoms with Crippen molar-refractivity contribution in [3.8, 4) is 0 Å². The Morgan fingerprint density at radius 3 is 2.47 bits per heavy atom. The Hall–Kier alpha value is -0.0400. The molecular weight excluding hydrogens is 182 g/mol. The van der Waals surface area contributed by atoms with E-state index in [2.05, 4.69) is 20.8 Å². The number of hydrogen-bond acceptors (Lipinski definition) is 1. The van der Waals surface area contributed by atoms with Crippen molar-refractivity contribution in [1.82, 2.24) is 0 Å². The summed E-state index contributed by atoms with van der Waals surface area (Å²) in [5.74, 6) is 2.64. The van der Waals surface area contributed by atoms with E-state index < -0.39 is 0 Å². The van der Waals surface area contributed by atoms with Crippen LogP contribution in [0.25, 0.3) is 0 Å². The SMILES string of the molecule is CCCCC(CC)CC1CCC(N)C1C. The van der Waals surface area contributed by atoms with Gasteiger partial charge in [-0.25, -0.2) is 0 Å². The first-order valence-electron chi connectivity index (χ1n) is 6.94. The van der Waals surface area contributed by atoms with Gasteiger partial charge in [0.25, 0.3) is 0 Å². The highest BCUT2D eigenvalue weighted by molar-refractivity contribution is 4.85. The average Bonchev–Trinajstić information content (AvgIpc) is 2.55. The third-order valence-corrected chi connectivity index (χ3v) is 4.47. The smallest absolute Gasteiger partial charge is 0.00672 e. The summed E-state index contributed by atoms with van der Waals surface area (Å²) in [5.41, 5.74) is 6.09. The minimum Gasteiger partial charge on any atom is -0.327 e. The minimum absolute atomic E-state index is 0.485. The van der Waals surface area contributed by atoms with E-state index in [4.69, 9.17) is 5.73 Å². The molecule has 4 unspecified atom stereocenters. The van der Waals surface area contributed by atoms with E-state index in [1.165, 1.54) is 44.9 Å². The van der Waals surface area contributed by atoms with Crippen molar-refractivity contribution in [2.75, 3.05) is 0 Å². The number of unbranched alkanes of at least 4 members (excludes halogenated alkanes) is 1. The highest BCUT2D eigenvalue weighted by Gasteiger charge is 2.31. The van der Waals surface area contributed by atoms with E-state index in [1.807, 2.05) is 0 Å². The summed E-state index contributed by atoms with van der Waals surface area (Å²) in [6.07, 6.45) is 9.62. The van der Waals surface area contributed by atoms with Gasteiger partial charge < -0.3 is 5.73 Å². The van der Waals surface area contributed by atoms with Crippen molar-refractivity contribution in [1.29, 1.82) is 0 Å². The van der Waals surface area contributed by atoms with Gasteiger partial charge in [0, 0.05) is 6.04 Å². The fourth-order valence-corrected chi connectivity index (χ4v) is 3.02. The quantitative estimate of drug-likeness (QED) is 0.707. The van der Waals surface area contributed by atoms with E-state index in [-0.39, 0.29) is 0 Å². The fourth-order valence-electron chi connectivity index (χ4n) is 3.02. The van der Waals surface area contributed by atoms with Crippen LogP contribution in [-0.2, 0) is 0 Å². The Morgan fingerprint density at radius 2 is 2.00 bits per heavy atom. The molecule has 0 aliphatic heterocycles. The molecule has 1 heteroatoms. The lowest BCUT2D eigenvalue weighted by Crippen LogP contribution is -2.25. The van der Waals surface area contributed by atoms with Crippen LogP contribution in [0.2, 0.25) is 0 Å². The zero-order chi connectivity index (χ0) is 11.3. The van der Waals surface area contributed by atoms with E-state index in [1.54, 1.807) is 0 Å². The van der Waals surface area contributed by atoms with Gasteiger partial charge in [-0.3, -0.25) is 0 Å². The molecule has 2 N–H and O–H groups in total. The molecule has 0 heterocycles. The Bertz CT molecular complexity index is 167. The molecule has 4 atom stereocenters. The van der Waals surface area contributed by atoms with Crippen LogP contribution in [0.15, 0.2) is 0 Å². The lowest BCUT2D eigenvalue weighted by Gasteiger charge is -2.23. The predicted molar refractivity (Wildman–Crippen MR) is 67.8 cm³/mol. The van der Waals surface area contributed by atoms with Gasteiger partial charge in [0.15, 0.2) is 0 Å². The maximum Gasteiger partial charge on any atom is 0.00672 e. The molecule has 1 rings (SSSR count). The highest BCUT2D eigenvalue weighted by Crippen LogP contribution is 2.36. The maximum absolute atomic E-state index is 6.09. The van der Waals surface area contributed by atoms with Gasteiger partial charge in [-0.15, -0.1) is 0 Å². The molecule has 0 spiro atoms. The number of rotatable bonds is 6. The van der Waals surface area contributed by atoms with Crippen molar-refractivity contribution in [3.05, 3.63) is 0 Å². The third-order valence-electron chi connectivity index (χ3n) is 4.47. The lowest BCUT2D eigenvalue weighted by atomic mass is 9.83. The van der Waals surface area contributed by atoms with Crippen molar-refractivity contribution < 1.29 is 0 Å². The summed E-state index contributed by atoms with van der Waals surface area (Å²) in [4.78, 5) is 0. The molecule has 1 nitrogen and oxygen atoms in total. The van der Waals surface area contributed by atoms with Gasteiger partial charge in [0.2, 0.25) is 0 Å². The zero-order valence-corrected chi connectivity index (χ0v) is 10.8. The standard InChI is InChI=1S/C14H29N/c1-4-6-7-12(5-2)10-13-8-9-14(15)11(13)3/h11-14H,4-10,15H2,1-3H3. The minimum atomic E-state index is 0.485. The van der Waals surface area contributed by atoms with Gasteiger partial charge in [-0.05, 0) is 37.0 Å². The molecule has 0 saturated heterocycles. The van der Waals surface area contributed by atoms with Crippen molar-refractivity contribution in [3.63, 3.8) is 0 Å². The molecule has 1 aliphatic carbocycles. The first-order valence-corrected chi connectivity index (χ1v) is 6.94. The summed E-state index contributed by atoms with van der Waals surface area (Å²) >= 11 is 0. The summed E-state index contributed by atoms with van der Waals surface area (Å²) in [5, 5.41) is 0. The lowest BCUT2D eigenvalue weighted by molar-refractivity contribution is 0.287. The van der Waals surface area contributed by atoms with Crippen LogP contribution in [0, 0.1) is 17.8 Å². The molecule has 1 fully saturated rings. The van der Waals surface area contributed by atoms with Gasteiger partial charge >= 0.3 is 0 Å². The third kappa shape index (κ3) is 3.79. The summed E-state index contributed by atoms with van der Waals surface area (Å²) in [6, 6.07) is 0.485. The van der Waals surface area contributed by atoms with E-state index >= 15 is 0 Å². The Kier molecular flexibility index (Phi) is 5.66. The van der Waals surface area contributed by atoms with Crippen molar-refractivity contribution in [2.45, 2.75) is 71.8 Å². The molecule has 0 bridgehead atoms. The molecule has 0 aromatic heterocycles. The summed E-state index contributed by atoms with van der Waals surface area (Å²) in [7, 11) is 0. The van der Waals surface area contributed by atoms with Gasteiger partial charge in [0.1, 0.15) is 0 Å². The molecule has 1 saturated carbocycles. The van der Waals surface area contributed by atoms with Crippen LogP contribution in [0.4, 0.5) is 0 Å². The first kappa shape index (κ1) is 13.0. The second-order valence-corrected chi connectivity index (χ2v) is 5.51. The second kappa shape index (κ2) is 6.52. The van der Waals surface area contributed by atoms with Crippen LogP contribution in [0.1, 0.15) is 65.7 Å². The topological polar surface area (TPSA) is 26.0 Å². The van der Waals surface area contributed by atoms with Gasteiger partial charge in [0.05, 0.1) is 0 Å². The zero-order valence-electron chi connectivity index (χ0n) is 10.8. The Morgan fingerprint density at radius 1 is 1.27 bits per heavy atom. The largest absolute Gasteiger partial charge is 0.327 e. The van der Waals surface area contributed by atoms with Crippen molar-refractivity contribution in [2.24, 2.45) is 23.5 Å². The molecule has 15 heavy (non-hydrogen) atoms. The Balaban J connectivity index is 2.31. The highest BCUT2D eigenvalue weighted by atomic mass is 14.7. The number of nitrogens with two attached hydrogens (primary N) is 1. The van der Waals surface area contributed by atoms with Crippen LogP contribution in [-0.4, -0.2) is 6.04 Å². The predicted octanol–water partition coefficient (Wildman–Crippen LogP) is 3.97. The molecule has 0 aromatic carbocycles. The number of hydrogen-bond donors (Lipinski definition) is 1. The van der Waals surface area contributed by atoms with Gasteiger partial charge in [-0.1, -0.05) is 46.5 Å². The molecule has 0 radical (unpaired) electrons. The van der Waals surface area contributed by atoms with E-state index in [0.29, 0.717) is 6.04 Å². The molecule has 1 aliphatic rings. The summed E-state index contributed by atoms with van der Waals surface area (Å²) < 4.78 is 0. The van der Waals surface area contributed by atoms with E-state index in [0.717, 1.165) is 17.8 Å². The van der Waals surface area contributed by atoms with E-state index in [9.17, 15) is 0 Å². The normalized spacial score (nSPS) is 33.2. The van der Waals surface area contributed by atoms with Crippen molar-refractivity contribution >= 4 is 0 Å². The monoisotopic (exact) mass is 211 g/mol. The second-order valence-electron chi connectivity index (χ2n) is 5.51. The van der Waals surface area contributed by atoms with Crippen LogP contribution in [0.3, 0.4) is 0 Å².